The molecule has 3 aliphatic heterocycles. The summed E-state index contributed by atoms with van der Waals surface area (Å²) in [5.74, 6) is -1.42. The van der Waals surface area contributed by atoms with Crippen molar-refractivity contribution in [2.75, 3.05) is 36.4 Å². The zero-order chi connectivity index (χ0) is 34.1. The van der Waals surface area contributed by atoms with Gasteiger partial charge in [-0.15, -0.1) is 0 Å². The SMILES string of the molecule is CC1CN(c2ccc3ncc(/C(C=N)=C/NC4CC(CCCNc5ccc6c(c5)C(=O)N(C5CCC(=O)NC5=O)C6=O)C4)nc3c2)CCN1. The molecule has 2 atom stereocenters. The van der Waals surface area contributed by atoms with Gasteiger partial charge in [0.05, 0.1) is 34.1 Å². The number of piperidine rings is 1. The van der Waals surface area contributed by atoms with E-state index in [-0.39, 0.29) is 24.0 Å². The van der Waals surface area contributed by atoms with Crippen LogP contribution in [0.2, 0.25) is 0 Å². The Morgan fingerprint density at radius 1 is 1.06 bits per heavy atom. The number of hydrogen-bond donors (Lipinski definition) is 5. The zero-order valence-corrected chi connectivity index (χ0v) is 27.5. The summed E-state index contributed by atoms with van der Waals surface area (Å²) in [7, 11) is 0. The second-order valence-corrected chi connectivity index (χ2v) is 13.5. The predicted molar refractivity (Wildman–Crippen MR) is 186 cm³/mol. The van der Waals surface area contributed by atoms with E-state index in [0.29, 0.717) is 29.3 Å². The van der Waals surface area contributed by atoms with Crippen molar-refractivity contribution in [3.05, 3.63) is 65.6 Å². The molecule has 2 aromatic carbocycles. The van der Waals surface area contributed by atoms with Gasteiger partial charge in [-0.2, -0.15) is 0 Å². The van der Waals surface area contributed by atoms with E-state index in [0.717, 1.165) is 79.2 Å². The molecule has 13 heteroatoms. The van der Waals surface area contributed by atoms with Crippen molar-refractivity contribution in [3.8, 4) is 0 Å². The number of rotatable bonds is 11. The van der Waals surface area contributed by atoms with Crippen molar-refractivity contribution in [1.29, 1.82) is 5.41 Å². The van der Waals surface area contributed by atoms with Crippen LogP contribution < -0.4 is 26.2 Å². The quantitative estimate of drug-likeness (QED) is 0.117. The molecule has 2 unspecified atom stereocenters. The van der Waals surface area contributed by atoms with Gasteiger partial charge in [0.2, 0.25) is 11.8 Å². The summed E-state index contributed by atoms with van der Waals surface area (Å²) in [5, 5.41) is 20.6. The van der Waals surface area contributed by atoms with Gasteiger partial charge < -0.3 is 26.3 Å². The average molecular weight is 664 g/mol. The van der Waals surface area contributed by atoms with Crippen LogP contribution in [0.25, 0.3) is 16.6 Å². The summed E-state index contributed by atoms with van der Waals surface area (Å²) in [4.78, 5) is 62.6. The lowest BCUT2D eigenvalue weighted by atomic mass is 9.77. The lowest BCUT2D eigenvalue weighted by molar-refractivity contribution is -0.136. The van der Waals surface area contributed by atoms with Gasteiger partial charge in [-0.1, -0.05) is 0 Å². The van der Waals surface area contributed by atoms with Gasteiger partial charge in [0.15, 0.2) is 0 Å². The molecule has 7 rings (SSSR count). The van der Waals surface area contributed by atoms with Gasteiger partial charge in [0, 0.05) is 74.0 Å². The largest absolute Gasteiger partial charge is 0.388 e. The first-order valence-electron chi connectivity index (χ1n) is 17.1. The van der Waals surface area contributed by atoms with Crippen LogP contribution in [0.3, 0.4) is 0 Å². The fraction of sp³-hybridized carbons (Fsp3) is 0.417. The highest BCUT2D eigenvalue weighted by Gasteiger charge is 2.44. The number of hydrogen-bond acceptors (Lipinski definition) is 11. The zero-order valence-electron chi connectivity index (χ0n) is 27.5. The van der Waals surface area contributed by atoms with Crippen LogP contribution in [0.5, 0.6) is 0 Å². The first-order chi connectivity index (χ1) is 23.8. The molecule has 3 aromatic rings. The van der Waals surface area contributed by atoms with Crippen LogP contribution in [0, 0.1) is 11.3 Å². The molecule has 4 heterocycles. The number of nitrogens with zero attached hydrogens (tertiary/aromatic N) is 4. The van der Waals surface area contributed by atoms with Crippen LogP contribution in [0.4, 0.5) is 11.4 Å². The molecule has 1 saturated carbocycles. The third-order valence-electron chi connectivity index (χ3n) is 9.98. The molecule has 4 amide bonds. The maximum Gasteiger partial charge on any atom is 0.262 e. The fourth-order valence-electron chi connectivity index (χ4n) is 7.21. The molecule has 5 N–H and O–H groups in total. The molecule has 4 aliphatic rings. The average Bonchev–Trinajstić information content (AvgIpc) is 3.32. The third-order valence-corrected chi connectivity index (χ3v) is 9.98. The molecule has 0 bridgehead atoms. The normalized spacial score (nSPS) is 24.1. The number of allylic oxidation sites excluding steroid dienone is 1. The van der Waals surface area contributed by atoms with Gasteiger partial charge in [-0.05, 0) is 81.3 Å². The summed E-state index contributed by atoms with van der Waals surface area (Å²) >= 11 is 0. The van der Waals surface area contributed by atoms with Crippen LogP contribution in [-0.2, 0) is 9.59 Å². The predicted octanol–water partition coefficient (Wildman–Crippen LogP) is 3.08. The third kappa shape index (κ3) is 6.75. The van der Waals surface area contributed by atoms with Gasteiger partial charge in [0.1, 0.15) is 6.04 Å². The lowest BCUT2D eigenvalue weighted by Gasteiger charge is -2.36. The first-order valence-corrected chi connectivity index (χ1v) is 17.1. The number of carbonyl (C=O) groups excluding carboxylic acids is 4. The number of anilines is 2. The standard InChI is InChI=1S/C36H41N9O4/c1-21-20-44(12-11-38-21)26-5-7-29-30(16-26)42-31(19-41-29)23(17-37)18-40-25-13-22(14-25)3-2-10-39-24-4-6-27-28(15-24)36(49)45(35(27)48)32-8-9-33(46)43-34(32)47/h4-7,15-19,21-22,25,32,37-40H,2-3,8-14,20H2,1H3,(H,43,46,47)/b23-18+,37-17?. The lowest BCUT2D eigenvalue weighted by Crippen LogP contribution is -2.54. The van der Waals surface area contributed by atoms with Crippen molar-refractivity contribution < 1.29 is 19.2 Å². The Labute approximate surface area is 284 Å². The number of carbonyl (C=O) groups is 4. The number of amides is 4. The number of aromatic nitrogens is 2. The van der Waals surface area contributed by atoms with Crippen LogP contribution >= 0.6 is 0 Å². The van der Waals surface area contributed by atoms with Gasteiger partial charge in [-0.3, -0.25) is 34.4 Å². The summed E-state index contributed by atoms with van der Waals surface area (Å²) < 4.78 is 0. The Hall–Kier alpha value is -5.17. The first kappa shape index (κ1) is 32.4. The summed E-state index contributed by atoms with van der Waals surface area (Å²) in [6.45, 7) is 5.76. The Bertz CT molecular complexity index is 1850. The number of piperazine rings is 1. The summed E-state index contributed by atoms with van der Waals surface area (Å²) in [5.41, 5.74) is 5.45. The maximum absolute atomic E-state index is 13.1. The van der Waals surface area contributed by atoms with E-state index < -0.39 is 29.7 Å². The van der Waals surface area contributed by atoms with Crippen molar-refractivity contribution in [2.45, 2.75) is 63.6 Å². The molecule has 1 aromatic heterocycles. The minimum absolute atomic E-state index is 0.0917. The van der Waals surface area contributed by atoms with Crippen LogP contribution in [-0.4, -0.2) is 89.0 Å². The van der Waals surface area contributed by atoms with E-state index in [1.165, 1.54) is 6.21 Å². The molecule has 254 valence electrons. The van der Waals surface area contributed by atoms with E-state index in [2.05, 4.69) is 50.2 Å². The molecule has 0 spiro atoms. The van der Waals surface area contributed by atoms with Crippen molar-refractivity contribution in [1.82, 2.24) is 30.8 Å². The summed E-state index contributed by atoms with van der Waals surface area (Å²) in [6.07, 6.45) is 9.26. The summed E-state index contributed by atoms with van der Waals surface area (Å²) in [6, 6.07) is 11.1. The molecular formula is C36H41N9O4. The second-order valence-electron chi connectivity index (χ2n) is 13.5. The smallest absolute Gasteiger partial charge is 0.262 e. The van der Waals surface area contributed by atoms with Crippen LogP contribution in [0.15, 0.2) is 48.8 Å². The molecule has 0 radical (unpaired) electrons. The van der Waals surface area contributed by atoms with Crippen molar-refractivity contribution >= 4 is 57.8 Å². The molecule has 13 nitrogen and oxygen atoms in total. The number of imide groups is 2. The maximum atomic E-state index is 13.1. The van der Waals surface area contributed by atoms with Crippen molar-refractivity contribution in [3.63, 3.8) is 0 Å². The Morgan fingerprint density at radius 2 is 1.90 bits per heavy atom. The monoisotopic (exact) mass is 663 g/mol. The minimum Gasteiger partial charge on any atom is -0.388 e. The second kappa shape index (κ2) is 13.7. The van der Waals surface area contributed by atoms with Gasteiger partial charge >= 0.3 is 0 Å². The number of fused-ring (bicyclic) bond motifs is 2. The Kier molecular flexibility index (Phi) is 9.09. The van der Waals surface area contributed by atoms with E-state index in [4.69, 9.17) is 10.4 Å². The molecule has 3 fully saturated rings. The van der Waals surface area contributed by atoms with Gasteiger partial charge in [-0.25, -0.2) is 4.98 Å². The highest BCUT2D eigenvalue weighted by atomic mass is 16.2. The highest BCUT2D eigenvalue weighted by molar-refractivity contribution is 6.23. The molecule has 2 saturated heterocycles. The minimum atomic E-state index is -0.970. The van der Waals surface area contributed by atoms with E-state index in [1.54, 1.807) is 24.4 Å². The van der Waals surface area contributed by atoms with E-state index >= 15 is 0 Å². The van der Waals surface area contributed by atoms with Crippen LogP contribution in [0.1, 0.15) is 71.9 Å². The van der Waals surface area contributed by atoms with Gasteiger partial charge in [0.25, 0.3) is 11.8 Å². The number of nitrogens with one attached hydrogen (secondary N) is 5. The number of benzene rings is 2. The molecule has 49 heavy (non-hydrogen) atoms. The Morgan fingerprint density at radius 3 is 2.69 bits per heavy atom. The Balaban J connectivity index is 0.870. The topological polar surface area (TPSA) is 173 Å². The van der Waals surface area contributed by atoms with E-state index in [1.807, 2.05) is 12.3 Å². The van der Waals surface area contributed by atoms with E-state index in [9.17, 15) is 19.2 Å². The fourth-order valence-corrected chi connectivity index (χ4v) is 7.21. The highest BCUT2D eigenvalue weighted by Crippen LogP contribution is 2.33. The molecule has 1 aliphatic carbocycles. The molecular weight excluding hydrogens is 622 g/mol. The van der Waals surface area contributed by atoms with Crippen molar-refractivity contribution in [2.24, 2.45) is 5.92 Å².